The van der Waals surface area contributed by atoms with Crippen molar-refractivity contribution in [2.75, 3.05) is 19.8 Å². The van der Waals surface area contributed by atoms with Gasteiger partial charge in [-0.15, -0.1) is 0 Å². The Balaban J connectivity index is 1.43. The number of rotatable bonds is 6. The van der Waals surface area contributed by atoms with Gasteiger partial charge in [-0.25, -0.2) is 14.8 Å². The molecule has 2 fully saturated rings. The molecular formula is C25H32ClN3O7S. The number of amides is 1. The summed E-state index contributed by atoms with van der Waals surface area (Å²) in [6, 6.07) is 5.33. The maximum Gasteiger partial charge on any atom is 0.407 e. The molecule has 3 heterocycles. The van der Waals surface area contributed by atoms with Gasteiger partial charge in [0.15, 0.2) is 0 Å². The van der Waals surface area contributed by atoms with Crippen LogP contribution >= 0.6 is 11.6 Å². The third-order valence-corrected chi connectivity index (χ3v) is 7.55. The number of ether oxygens (including phenoxy) is 2. The van der Waals surface area contributed by atoms with Crippen LogP contribution in [0.4, 0.5) is 4.79 Å². The van der Waals surface area contributed by atoms with E-state index in [2.05, 4.69) is 9.97 Å². The molecule has 2 atom stereocenters. The Morgan fingerprint density at radius 1 is 1.24 bits per heavy atom. The molecule has 1 N–H and O–H groups in total. The number of nitrogens with zero attached hydrogens (tertiary/aromatic N) is 3. The van der Waals surface area contributed by atoms with E-state index in [9.17, 15) is 14.1 Å². The zero-order valence-electron chi connectivity index (χ0n) is 21.3. The minimum Gasteiger partial charge on any atom is -0.474 e. The standard InChI is InChI=1S/C25H32ClN3O7S/c1-15-22(35-18-7-8-29(24(30)31)21(11-18)25(2,3)4)27-14-28-23(15)36-20-6-5-16(10-19(20)26)9-17-12-33-37(32)34-13-17/h5-6,10,14,17-18,21H,7-9,11-13H2,1-4H3,(H,30,31)/t17?,18-,21-,37?/m0/s1. The van der Waals surface area contributed by atoms with Crippen LogP contribution in [0.5, 0.6) is 17.5 Å². The third kappa shape index (κ3) is 6.90. The number of aromatic nitrogens is 2. The van der Waals surface area contributed by atoms with E-state index >= 15 is 0 Å². The normalized spacial score (nSPS) is 24.5. The average Bonchev–Trinajstić information content (AvgIpc) is 2.84. The highest BCUT2D eigenvalue weighted by atomic mass is 35.5. The van der Waals surface area contributed by atoms with Gasteiger partial charge < -0.3 is 19.5 Å². The number of hydrogen-bond acceptors (Lipinski definition) is 8. The van der Waals surface area contributed by atoms with Crippen LogP contribution in [-0.4, -0.2) is 62.2 Å². The predicted molar refractivity (Wildman–Crippen MR) is 137 cm³/mol. The van der Waals surface area contributed by atoms with E-state index in [0.717, 1.165) is 5.56 Å². The van der Waals surface area contributed by atoms with Gasteiger partial charge in [-0.2, -0.15) is 4.21 Å². The minimum absolute atomic E-state index is 0.0876. The largest absolute Gasteiger partial charge is 0.474 e. The first-order chi connectivity index (χ1) is 17.5. The fourth-order valence-corrected chi connectivity index (χ4v) is 5.50. The van der Waals surface area contributed by atoms with Crippen molar-refractivity contribution >= 4 is 29.1 Å². The first-order valence-electron chi connectivity index (χ1n) is 12.1. The van der Waals surface area contributed by atoms with Gasteiger partial charge in [-0.3, -0.25) is 8.37 Å². The van der Waals surface area contributed by atoms with Gasteiger partial charge in [-0.05, 0) is 36.5 Å². The van der Waals surface area contributed by atoms with E-state index < -0.39 is 17.5 Å². The second-order valence-corrected chi connectivity index (χ2v) is 11.7. The van der Waals surface area contributed by atoms with Crippen LogP contribution in [-0.2, 0) is 26.1 Å². The average molecular weight is 554 g/mol. The molecule has 1 aromatic carbocycles. The second kappa shape index (κ2) is 11.5. The molecule has 4 rings (SSSR count). The van der Waals surface area contributed by atoms with Gasteiger partial charge in [0.2, 0.25) is 11.8 Å². The molecule has 202 valence electrons. The number of halogens is 1. The maximum atomic E-state index is 11.7. The lowest BCUT2D eigenvalue weighted by Crippen LogP contribution is -2.53. The Kier molecular flexibility index (Phi) is 8.57. The summed E-state index contributed by atoms with van der Waals surface area (Å²) < 4.78 is 33.5. The van der Waals surface area contributed by atoms with E-state index in [1.165, 1.54) is 11.2 Å². The lowest BCUT2D eigenvalue weighted by molar-refractivity contribution is 0.0113. The van der Waals surface area contributed by atoms with Crippen LogP contribution in [0.15, 0.2) is 24.5 Å². The summed E-state index contributed by atoms with van der Waals surface area (Å²) in [6.07, 6.45) is 2.08. The molecule has 0 aliphatic carbocycles. The highest BCUT2D eigenvalue weighted by molar-refractivity contribution is 7.75. The highest BCUT2D eigenvalue weighted by Gasteiger charge is 2.39. The molecule has 0 bridgehead atoms. The molecule has 1 amide bonds. The van der Waals surface area contributed by atoms with Crippen molar-refractivity contribution in [2.45, 2.75) is 59.1 Å². The SMILES string of the molecule is Cc1c(Oc2ccc(CC3COS(=O)OC3)cc2Cl)ncnc1O[C@H]1CCN(C(=O)O)[C@H](C(C)(C)C)C1. The van der Waals surface area contributed by atoms with Crippen molar-refractivity contribution < 1.29 is 31.9 Å². The van der Waals surface area contributed by atoms with Gasteiger partial charge in [0.25, 0.3) is 0 Å². The van der Waals surface area contributed by atoms with Crippen molar-refractivity contribution in [1.82, 2.24) is 14.9 Å². The molecule has 2 saturated heterocycles. The van der Waals surface area contributed by atoms with Crippen molar-refractivity contribution in [1.29, 1.82) is 0 Å². The van der Waals surface area contributed by atoms with Gasteiger partial charge in [0, 0.05) is 31.3 Å². The second-order valence-electron chi connectivity index (χ2n) is 10.4. The highest BCUT2D eigenvalue weighted by Crippen LogP contribution is 2.36. The quantitative estimate of drug-likeness (QED) is 0.529. The van der Waals surface area contributed by atoms with E-state index in [1.54, 1.807) is 6.07 Å². The zero-order valence-corrected chi connectivity index (χ0v) is 22.9. The van der Waals surface area contributed by atoms with E-state index in [1.807, 2.05) is 39.8 Å². The Hall–Kier alpha value is -2.47. The molecule has 2 aliphatic rings. The van der Waals surface area contributed by atoms with E-state index in [0.29, 0.717) is 67.1 Å². The molecule has 1 aromatic heterocycles. The summed E-state index contributed by atoms with van der Waals surface area (Å²) in [5.41, 5.74) is 1.38. The molecule has 2 aromatic rings. The number of likely N-dealkylation sites (tertiary alicyclic amines) is 1. The summed E-state index contributed by atoms with van der Waals surface area (Å²) in [5.74, 6) is 1.25. The number of carbonyl (C=O) groups is 1. The van der Waals surface area contributed by atoms with Gasteiger partial charge >= 0.3 is 17.5 Å². The van der Waals surface area contributed by atoms with Gasteiger partial charge in [0.1, 0.15) is 18.2 Å². The monoisotopic (exact) mass is 553 g/mol. The molecule has 37 heavy (non-hydrogen) atoms. The zero-order chi connectivity index (χ0) is 26.7. The molecule has 0 radical (unpaired) electrons. The van der Waals surface area contributed by atoms with Crippen LogP contribution in [0.3, 0.4) is 0 Å². The van der Waals surface area contributed by atoms with Crippen LogP contribution in [0, 0.1) is 18.3 Å². The summed E-state index contributed by atoms with van der Waals surface area (Å²) in [5, 5.41) is 10.0. The molecular weight excluding hydrogens is 522 g/mol. The first kappa shape index (κ1) is 27.6. The van der Waals surface area contributed by atoms with E-state index in [-0.39, 0.29) is 23.5 Å². The number of carboxylic acid groups (broad SMARTS) is 1. The fourth-order valence-electron chi connectivity index (χ4n) is 4.58. The summed E-state index contributed by atoms with van der Waals surface area (Å²) in [6.45, 7) is 9.03. The van der Waals surface area contributed by atoms with Crippen molar-refractivity contribution in [3.8, 4) is 17.5 Å². The maximum absolute atomic E-state index is 11.7. The molecule has 0 unspecified atom stereocenters. The Morgan fingerprint density at radius 3 is 2.59 bits per heavy atom. The van der Waals surface area contributed by atoms with Gasteiger partial charge in [0.05, 0.1) is 23.8 Å². The number of hydrogen-bond donors (Lipinski definition) is 1. The Labute approximate surface area is 224 Å². The lowest BCUT2D eigenvalue weighted by Gasteiger charge is -2.44. The fraction of sp³-hybridized carbons (Fsp3) is 0.560. The molecule has 2 aliphatic heterocycles. The van der Waals surface area contributed by atoms with Gasteiger partial charge in [-0.1, -0.05) is 38.4 Å². The minimum atomic E-state index is -1.66. The Morgan fingerprint density at radius 2 is 1.95 bits per heavy atom. The predicted octanol–water partition coefficient (Wildman–Crippen LogP) is 4.95. The third-order valence-electron chi connectivity index (χ3n) is 6.60. The summed E-state index contributed by atoms with van der Waals surface area (Å²) >= 11 is 4.84. The first-order valence-corrected chi connectivity index (χ1v) is 13.5. The van der Waals surface area contributed by atoms with Crippen LogP contribution in [0.2, 0.25) is 5.02 Å². The van der Waals surface area contributed by atoms with Crippen molar-refractivity contribution in [3.63, 3.8) is 0 Å². The van der Waals surface area contributed by atoms with Crippen LogP contribution in [0.25, 0.3) is 0 Å². The number of benzene rings is 1. The molecule has 0 saturated carbocycles. The molecule has 12 heteroatoms. The lowest BCUT2D eigenvalue weighted by atomic mass is 9.80. The Bertz CT molecular complexity index is 1150. The smallest absolute Gasteiger partial charge is 0.407 e. The number of piperidine rings is 1. The van der Waals surface area contributed by atoms with Crippen LogP contribution < -0.4 is 9.47 Å². The van der Waals surface area contributed by atoms with Crippen LogP contribution in [0.1, 0.15) is 44.7 Å². The molecule has 10 nitrogen and oxygen atoms in total. The topological polar surface area (TPSA) is 120 Å². The van der Waals surface area contributed by atoms with Crippen molar-refractivity contribution in [3.05, 3.63) is 40.7 Å². The summed E-state index contributed by atoms with van der Waals surface area (Å²) in [7, 11) is 0. The van der Waals surface area contributed by atoms with E-state index in [4.69, 9.17) is 29.4 Å². The van der Waals surface area contributed by atoms with Crippen molar-refractivity contribution in [2.24, 2.45) is 11.3 Å². The summed E-state index contributed by atoms with van der Waals surface area (Å²) in [4.78, 5) is 21.8. The molecule has 0 spiro atoms.